The molecular formula is C15H14ClN3O4S2. The molecule has 132 valence electrons. The highest BCUT2D eigenvalue weighted by atomic mass is 35.5. The molecule has 0 aliphatic rings. The summed E-state index contributed by atoms with van der Waals surface area (Å²) in [6, 6.07) is 3.25. The van der Waals surface area contributed by atoms with Crippen molar-refractivity contribution < 1.29 is 17.9 Å². The van der Waals surface area contributed by atoms with Gasteiger partial charge in [-0.1, -0.05) is 28.9 Å². The van der Waals surface area contributed by atoms with Crippen LogP contribution in [0.15, 0.2) is 24.5 Å². The van der Waals surface area contributed by atoms with Crippen molar-refractivity contribution in [1.82, 2.24) is 4.98 Å². The Kier molecular flexibility index (Phi) is 6.00. The van der Waals surface area contributed by atoms with Gasteiger partial charge in [-0.2, -0.15) is 4.73 Å². The summed E-state index contributed by atoms with van der Waals surface area (Å²) in [5.41, 5.74) is 0.542. The van der Waals surface area contributed by atoms with E-state index in [0.29, 0.717) is 20.3 Å². The van der Waals surface area contributed by atoms with E-state index in [9.17, 15) is 18.4 Å². The van der Waals surface area contributed by atoms with Crippen LogP contribution in [0.4, 0.5) is 5.00 Å². The first-order valence-electron chi connectivity index (χ1n) is 6.98. The van der Waals surface area contributed by atoms with E-state index >= 15 is 0 Å². The number of pyridine rings is 1. The van der Waals surface area contributed by atoms with Crippen LogP contribution in [0.5, 0.6) is 0 Å². The fourth-order valence-corrected chi connectivity index (χ4v) is 3.80. The van der Waals surface area contributed by atoms with Gasteiger partial charge in [-0.25, -0.2) is 13.4 Å². The standard InChI is InChI=1S/C15H14ClN3O4S2/c1-3-7-19(12(20)6-9-25(2,22)23)15-13(16)17-14(24-15)11-5-4-8-18(21)10-11/h1,4-5,8,10H,6-7,9H2,2H3. The number of anilines is 1. The van der Waals surface area contributed by atoms with Crippen LogP contribution in [0.3, 0.4) is 0 Å². The second-order valence-electron chi connectivity index (χ2n) is 5.13. The quantitative estimate of drug-likeness (QED) is 0.416. The third kappa shape index (κ3) is 5.16. The van der Waals surface area contributed by atoms with Gasteiger partial charge in [0, 0.05) is 18.7 Å². The van der Waals surface area contributed by atoms with Gasteiger partial charge in [0.25, 0.3) is 0 Å². The molecule has 0 bridgehead atoms. The summed E-state index contributed by atoms with van der Waals surface area (Å²) in [5, 5.41) is 12.2. The van der Waals surface area contributed by atoms with Gasteiger partial charge in [0.05, 0.1) is 17.9 Å². The number of carbonyl (C=O) groups is 1. The monoisotopic (exact) mass is 399 g/mol. The lowest BCUT2D eigenvalue weighted by Crippen LogP contribution is -2.32. The van der Waals surface area contributed by atoms with Crippen LogP contribution in [0, 0.1) is 17.6 Å². The number of aromatic nitrogens is 2. The maximum Gasteiger partial charge on any atom is 0.229 e. The summed E-state index contributed by atoms with van der Waals surface area (Å²) >= 11 is 7.23. The molecule has 0 spiro atoms. The molecule has 0 aliphatic carbocycles. The summed E-state index contributed by atoms with van der Waals surface area (Å²) in [7, 11) is -3.28. The normalized spacial score (nSPS) is 11.1. The van der Waals surface area contributed by atoms with Crippen molar-refractivity contribution in [2.45, 2.75) is 6.42 Å². The fourth-order valence-electron chi connectivity index (χ4n) is 1.94. The molecule has 0 aliphatic heterocycles. The topological polar surface area (TPSA) is 94.3 Å². The zero-order valence-corrected chi connectivity index (χ0v) is 15.6. The molecule has 2 heterocycles. The van der Waals surface area contributed by atoms with Gasteiger partial charge in [-0.3, -0.25) is 9.69 Å². The number of hydrogen-bond donors (Lipinski definition) is 0. The molecule has 0 saturated carbocycles. The molecular weight excluding hydrogens is 386 g/mol. The van der Waals surface area contributed by atoms with E-state index in [4.69, 9.17) is 18.0 Å². The van der Waals surface area contributed by atoms with E-state index in [1.165, 1.54) is 17.3 Å². The number of hydrogen-bond acceptors (Lipinski definition) is 6. The molecule has 0 unspecified atom stereocenters. The Hall–Kier alpha value is -2.15. The summed E-state index contributed by atoms with van der Waals surface area (Å²) in [6.45, 7) is -0.0692. The average Bonchev–Trinajstić information content (AvgIpc) is 2.91. The van der Waals surface area contributed by atoms with Gasteiger partial charge in [0.2, 0.25) is 5.91 Å². The molecule has 2 aromatic heterocycles. The minimum absolute atomic E-state index is 0.0595. The SMILES string of the molecule is C#CCN(C(=O)CCS(C)(=O)=O)c1sc(-c2ccc[n+]([O-])c2)nc1Cl. The van der Waals surface area contributed by atoms with Crippen molar-refractivity contribution in [3.63, 3.8) is 0 Å². The van der Waals surface area contributed by atoms with Crippen molar-refractivity contribution >= 4 is 43.7 Å². The molecule has 0 atom stereocenters. The highest BCUT2D eigenvalue weighted by Gasteiger charge is 2.23. The molecule has 0 fully saturated rings. The van der Waals surface area contributed by atoms with Crippen LogP contribution in [-0.4, -0.2) is 37.9 Å². The Morgan fingerprint density at radius 3 is 2.88 bits per heavy atom. The smallest absolute Gasteiger partial charge is 0.229 e. The van der Waals surface area contributed by atoms with Crippen molar-refractivity contribution in [2.24, 2.45) is 0 Å². The zero-order valence-electron chi connectivity index (χ0n) is 13.2. The molecule has 0 N–H and O–H groups in total. The van der Waals surface area contributed by atoms with E-state index < -0.39 is 15.7 Å². The van der Waals surface area contributed by atoms with Crippen LogP contribution in [0.25, 0.3) is 10.6 Å². The Bertz CT molecular complexity index is 934. The number of carbonyl (C=O) groups excluding carboxylic acids is 1. The van der Waals surface area contributed by atoms with E-state index in [-0.39, 0.29) is 23.9 Å². The summed E-state index contributed by atoms with van der Waals surface area (Å²) in [6.07, 6.45) is 8.81. The molecule has 0 aromatic carbocycles. The third-order valence-corrected chi connectivity index (χ3v) is 5.52. The van der Waals surface area contributed by atoms with Crippen LogP contribution in [-0.2, 0) is 14.6 Å². The lowest BCUT2D eigenvalue weighted by molar-refractivity contribution is -0.604. The summed E-state index contributed by atoms with van der Waals surface area (Å²) in [5.74, 6) is 1.60. The average molecular weight is 400 g/mol. The van der Waals surface area contributed by atoms with Crippen LogP contribution < -0.4 is 9.63 Å². The molecule has 0 saturated heterocycles. The molecule has 2 aromatic rings. The minimum Gasteiger partial charge on any atom is -0.619 e. The number of sulfone groups is 1. The number of amides is 1. The Morgan fingerprint density at radius 2 is 2.28 bits per heavy atom. The van der Waals surface area contributed by atoms with E-state index in [1.54, 1.807) is 12.1 Å². The van der Waals surface area contributed by atoms with Crippen LogP contribution in [0.2, 0.25) is 5.15 Å². The second kappa shape index (κ2) is 7.82. The van der Waals surface area contributed by atoms with Crippen molar-refractivity contribution in [3.8, 4) is 22.9 Å². The van der Waals surface area contributed by atoms with Gasteiger partial charge < -0.3 is 5.21 Å². The summed E-state index contributed by atoms with van der Waals surface area (Å²) in [4.78, 5) is 17.8. The summed E-state index contributed by atoms with van der Waals surface area (Å²) < 4.78 is 23.1. The van der Waals surface area contributed by atoms with Gasteiger partial charge in [-0.15, -0.1) is 6.42 Å². The maximum atomic E-state index is 12.4. The molecule has 25 heavy (non-hydrogen) atoms. The number of halogens is 1. The molecule has 2 rings (SSSR count). The van der Waals surface area contributed by atoms with Crippen LogP contribution in [0.1, 0.15) is 6.42 Å². The number of rotatable bonds is 6. The number of nitrogens with zero attached hydrogens (tertiary/aromatic N) is 3. The lowest BCUT2D eigenvalue weighted by Gasteiger charge is -2.18. The largest absolute Gasteiger partial charge is 0.619 e. The van der Waals surface area contributed by atoms with Gasteiger partial charge in [0.15, 0.2) is 17.5 Å². The predicted octanol–water partition coefficient (Wildman–Crippen LogP) is 1.50. The first-order valence-corrected chi connectivity index (χ1v) is 10.2. The predicted molar refractivity (Wildman–Crippen MR) is 97.0 cm³/mol. The molecule has 10 heteroatoms. The lowest BCUT2D eigenvalue weighted by atomic mass is 10.3. The van der Waals surface area contributed by atoms with E-state index in [2.05, 4.69) is 10.9 Å². The molecule has 7 nitrogen and oxygen atoms in total. The highest BCUT2D eigenvalue weighted by Crippen LogP contribution is 2.37. The first-order chi connectivity index (χ1) is 11.7. The Balaban J connectivity index is 2.33. The van der Waals surface area contributed by atoms with Crippen molar-refractivity contribution in [1.29, 1.82) is 0 Å². The third-order valence-electron chi connectivity index (χ3n) is 3.07. The Labute approximate surface area is 154 Å². The second-order valence-corrected chi connectivity index (χ2v) is 8.73. The Morgan fingerprint density at radius 1 is 1.56 bits per heavy atom. The maximum absolute atomic E-state index is 12.4. The zero-order chi connectivity index (χ0) is 18.6. The van der Waals surface area contributed by atoms with Crippen molar-refractivity contribution in [3.05, 3.63) is 34.9 Å². The fraction of sp³-hybridized carbons (Fsp3) is 0.267. The highest BCUT2D eigenvalue weighted by molar-refractivity contribution is 7.90. The molecule has 1 amide bonds. The van der Waals surface area contributed by atoms with E-state index in [0.717, 1.165) is 17.6 Å². The van der Waals surface area contributed by atoms with Gasteiger partial charge >= 0.3 is 0 Å². The molecule has 0 radical (unpaired) electrons. The van der Waals surface area contributed by atoms with Crippen LogP contribution >= 0.6 is 22.9 Å². The van der Waals surface area contributed by atoms with Gasteiger partial charge in [-0.05, 0) is 6.07 Å². The number of terminal acetylenes is 1. The van der Waals surface area contributed by atoms with Gasteiger partial charge in [0.1, 0.15) is 19.8 Å². The van der Waals surface area contributed by atoms with E-state index in [1.807, 2.05) is 0 Å². The minimum atomic E-state index is -3.28. The number of thiazole rings is 1. The van der Waals surface area contributed by atoms with Crippen molar-refractivity contribution in [2.75, 3.05) is 23.5 Å². The first kappa shape index (κ1) is 19.2.